The van der Waals surface area contributed by atoms with E-state index in [0.717, 1.165) is 31.6 Å². The fraction of sp³-hybridized carbons (Fsp3) is 0.462. The van der Waals surface area contributed by atoms with E-state index in [-0.39, 0.29) is 0 Å². The maximum Gasteiger partial charge on any atom is 0.335 e. The van der Waals surface area contributed by atoms with Crippen molar-refractivity contribution in [3.05, 3.63) is 35.4 Å². The van der Waals surface area contributed by atoms with E-state index < -0.39 is 5.97 Å². The molecule has 3 nitrogen and oxygen atoms in total. The molecule has 0 atom stereocenters. The van der Waals surface area contributed by atoms with Crippen LogP contribution in [0.2, 0.25) is 0 Å². The zero-order valence-electron chi connectivity index (χ0n) is 9.94. The molecule has 0 aliphatic carbocycles. The number of hydrogen-bond acceptors (Lipinski definition) is 2. The van der Waals surface area contributed by atoms with Gasteiger partial charge in [-0.3, -0.25) is 0 Å². The summed E-state index contributed by atoms with van der Waals surface area (Å²) in [5.74, 6) is -0.857. The minimum atomic E-state index is -0.857. The minimum absolute atomic E-state index is 0.372. The predicted octanol–water partition coefficient (Wildman–Crippen LogP) is 2.27. The van der Waals surface area contributed by atoms with Crippen LogP contribution >= 0.6 is 0 Å². The monoisotopic (exact) mass is 221 g/mol. The number of rotatable bonds is 6. The van der Waals surface area contributed by atoms with Gasteiger partial charge < -0.3 is 10.0 Å². The number of carboxylic acid groups (broad SMARTS) is 1. The summed E-state index contributed by atoms with van der Waals surface area (Å²) in [6, 6.07) is 7.17. The van der Waals surface area contributed by atoms with Crippen LogP contribution in [0.25, 0.3) is 0 Å². The van der Waals surface area contributed by atoms with Gasteiger partial charge in [-0.15, -0.1) is 0 Å². The number of likely N-dealkylation sites (N-methyl/N-ethyl adjacent to an activating group) is 1. The molecular weight excluding hydrogens is 202 g/mol. The summed E-state index contributed by atoms with van der Waals surface area (Å²) in [6.45, 7) is 7.33. The first-order valence-corrected chi connectivity index (χ1v) is 5.72. The molecule has 0 saturated carbocycles. The Bertz CT molecular complexity index is 346. The van der Waals surface area contributed by atoms with Crippen molar-refractivity contribution in [2.24, 2.45) is 0 Å². The highest BCUT2D eigenvalue weighted by Gasteiger charge is 2.04. The van der Waals surface area contributed by atoms with Gasteiger partial charge in [-0.2, -0.15) is 0 Å². The van der Waals surface area contributed by atoms with Crippen molar-refractivity contribution in [2.75, 3.05) is 19.6 Å². The van der Waals surface area contributed by atoms with Crippen LogP contribution in [0.15, 0.2) is 24.3 Å². The largest absolute Gasteiger partial charge is 0.478 e. The van der Waals surface area contributed by atoms with Crippen molar-refractivity contribution < 1.29 is 9.90 Å². The fourth-order valence-corrected chi connectivity index (χ4v) is 1.69. The summed E-state index contributed by atoms with van der Waals surface area (Å²) >= 11 is 0. The number of carboxylic acids is 1. The number of nitrogens with zero attached hydrogens (tertiary/aromatic N) is 1. The molecule has 1 aromatic carbocycles. The van der Waals surface area contributed by atoms with Gasteiger partial charge in [-0.1, -0.05) is 26.0 Å². The summed E-state index contributed by atoms with van der Waals surface area (Å²) < 4.78 is 0. The molecule has 1 rings (SSSR count). The molecule has 1 aromatic rings. The predicted molar refractivity (Wildman–Crippen MR) is 64.9 cm³/mol. The lowest BCUT2D eigenvalue weighted by atomic mass is 10.1. The molecule has 0 aliphatic rings. The molecule has 0 fully saturated rings. The molecule has 88 valence electrons. The van der Waals surface area contributed by atoms with Crippen LogP contribution in [-0.4, -0.2) is 35.6 Å². The Kier molecular flexibility index (Phi) is 4.99. The summed E-state index contributed by atoms with van der Waals surface area (Å²) in [6.07, 6.45) is 0.906. The van der Waals surface area contributed by atoms with Crippen molar-refractivity contribution >= 4 is 5.97 Å². The van der Waals surface area contributed by atoms with Crippen LogP contribution in [0.1, 0.15) is 29.8 Å². The van der Waals surface area contributed by atoms with E-state index in [1.165, 1.54) is 0 Å². The average molecular weight is 221 g/mol. The highest BCUT2D eigenvalue weighted by Crippen LogP contribution is 2.06. The highest BCUT2D eigenvalue weighted by molar-refractivity contribution is 5.87. The molecule has 0 aromatic heterocycles. The van der Waals surface area contributed by atoms with Crippen LogP contribution in [0.3, 0.4) is 0 Å². The van der Waals surface area contributed by atoms with E-state index in [4.69, 9.17) is 5.11 Å². The van der Waals surface area contributed by atoms with E-state index in [1.807, 2.05) is 6.07 Å². The zero-order valence-corrected chi connectivity index (χ0v) is 9.94. The standard InChI is InChI=1S/C13H19NO2/c1-3-14(4-2)9-8-11-6-5-7-12(10-11)13(15)16/h5-7,10H,3-4,8-9H2,1-2H3,(H,15,16). The van der Waals surface area contributed by atoms with Gasteiger partial charge in [0.1, 0.15) is 0 Å². The van der Waals surface area contributed by atoms with Gasteiger partial charge in [0.15, 0.2) is 0 Å². The lowest BCUT2D eigenvalue weighted by Crippen LogP contribution is -2.25. The van der Waals surface area contributed by atoms with Gasteiger partial charge in [0.25, 0.3) is 0 Å². The van der Waals surface area contributed by atoms with E-state index in [9.17, 15) is 4.79 Å². The summed E-state index contributed by atoms with van der Waals surface area (Å²) in [5.41, 5.74) is 1.46. The molecule has 0 radical (unpaired) electrons. The first kappa shape index (κ1) is 12.7. The lowest BCUT2D eigenvalue weighted by molar-refractivity contribution is 0.0696. The Morgan fingerprint density at radius 3 is 2.56 bits per heavy atom. The van der Waals surface area contributed by atoms with Crippen molar-refractivity contribution in [2.45, 2.75) is 20.3 Å². The van der Waals surface area contributed by atoms with E-state index in [1.54, 1.807) is 18.2 Å². The van der Waals surface area contributed by atoms with Gasteiger partial charge in [0, 0.05) is 6.54 Å². The molecule has 0 bridgehead atoms. The first-order valence-electron chi connectivity index (χ1n) is 5.72. The van der Waals surface area contributed by atoms with Gasteiger partial charge in [0.05, 0.1) is 5.56 Å². The molecule has 16 heavy (non-hydrogen) atoms. The number of aromatic carboxylic acids is 1. The summed E-state index contributed by atoms with van der Waals surface area (Å²) in [5, 5.41) is 8.87. The van der Waals surface area contributed by atoms with Crippen molar-refractivity contribution in [3.63, 3.8) is 0 Å². The Morgan fingerprint density at radius 1 is 1.31 bits per heavy atom. The summed E-state index contributed by atoms with van der Waals surface area (Å²) in [7, 11) is 0. The molecule has 0 unspecified atom stereocenters. The maximum absolute atomic E-state index is 10.8. The molecule has 3 heteroatoms. The third-order valence-corrected chi connectivity index (χ3v) is 2.79. The second-order valence-corrected chi connectivity index (χ2v) is 3.78. The second kappa shape index (κ2) is 6.28. The zero-order chi connectivity index (χ0) is 12.0. The van der Waals surface area contributed by atoms with Gasteiger partial charge in [0.2, 0.25) is 0 Å². The maximum atomic E-state index is 10.8. The molecule has 0 amide bonds. The Hall–Kier alpha value is -1.35. The van der Waals surface area contributed by atoms with Gasteiger partial charge in [-0.05, 0) is 37.2 Å². The Labute approximate surface area is 96.7 Å². The smallest absolute Gasteiger partial charge is 0.335 e. The average Bonchev–Trinajstić information content (AvgIpc) is 2.31. The van der Waals surface area contributed by atoms with E-state index in [0.29, 0.717) is 5.56 Å². The number of carbonyl (C=O) groups is 1. The lowest BCUT2D eigenvalue weighted by Gasteiger charge is -2.17. The summed E-state index contributed by atoms with van der Waals surface area (Å²) in [4.78, 5) is 13.1. The minimum Gasteiger partial charge on any atom is -0.478 e. The number of benzene rings is 1. The molecule has 0 spiro atoms. The van der Waals surface area contributed by atoms with Crippen LogP contribution in [-0.2, 0) is 6.42 Å². The van der Waals surface area contributed by atoms with Crippen molar-refractivity contribution in [3.8, 4) is 0 Å². The topological polar surface area (TPSA) is 40.5 Å². The van der Waals surface area contributed by atoms with Gasteiger partial charge >= 0.3 is 5.97 Å². The van der Waals surface area contributed by atoms with Crippen molar-refractivity contribution in [1.29, 1.82) is 0 Å². The Morgan fingerprint density at radius 2 is 2.00 bits per heavy atom. The SMILES string of the molecule is CCN(CC)CCc1cccc(C(=O)O)c1. The van der Waals surface area contributed by atoms with E-state index in [2.05, 4.69) is 18.7 Å². The van der Waals surface area contributed by atoms with Crippen LogP contribution in [0, 0.1) is 0 Å². The number of hydrogen-bond donors (Lipinski definition) is 1. The van der Waals surface area contributed by atoms with Gasteiger partial charge in [-0.25, -0.2) is 4.79 Å². The van der Waals surface area contributed by atoms with Crippen LogP contribution < -0.4 is 0 Å². The first-order chi connectivity index (χ1) is 7.67. The third-order valence-electron chi connectivity index (χ3n) is 2.79. The molecule has 0 heterocycles. The molecular formula is C13H19NO2. The third kappa shape index (κ3) is 3.66. The molecule has 0 saturated heterocycles. The van der Waals surface area contributed by atoms with E-state index >= 15 is 0 Å². The quantitative estimate of drug-likeness (QED) is 0.801. The second-order valence-electron chi connectivity index (χ2n) is 3.78. The normalized spacial score (nSPS) is 10.7. The van der Waals surface area contributed by atoms with Crippen LogP contribution in [0.4, 0.5) is 0 Å². The highest BCUT2D eigenvalue weighted by atomic mass is 16.4. The van der Waals surface area contributed by atoms with Crippen LogP contribution in [0.5, 0.6) is 0 Å². The van der Waals surface area contributed by atoms with Crippen molar-refractivity contribution in [1.82, 2.24) is 4.90 Å². The Balaban J connectivity index is 2.60. The molecule has 0 aliphatic heterocycles. The molecule has 1 N–H and O–H groups in total. The fourth-order valence-electron chi connectivity index (χ4n) is 1.69.